The molecule has 8 aliphatic heterocycles. The normalized spacial score (nSPS) is 30.2. The number of nitrogens with two attached hydrogens (primary N) is 2. The summed E-state index contributed by atoms with van der Waals surface area (Å²) in [6.07, 6.45) is 7.32. The number of fused-ring (bicyclic) bond motifs is 8. The molecule has 0 unspecified atom stereocenters. The monoisotopic (exact) mass is 1380 g/mol. The highest BCUT2D eigenvalue weighted by Crippen LogP contribution is 2.52. The van der Waals surface area contributed by atoms with Crippen LogP contribution in [-0.2, 0) is 66.6 Å². The first-order chi connectivity index (χ1) is 44.9. The van der Waals surface area contributed by atoms with Crippen LogP contribution in [0.1, 0.15) is 117 Å². The molecule has 8 aliphatic rings. The lowest BCUT2D eigenvalue weighted by Gasteiger charge is -2.29. The molecule has 15 atom stereocenters. The zero-order valence-electron chi connectivity index (χ0n) is 52.3. The molecule has 0 saturated carbocycles. The van der Waals surface area contributed by atoms with Crippen molar-refractivity contribution >= 4 is 91.1 Å². The molecule has 0 spiro atoms. The molecule has 9 aromatic rings. The molecule has 3 aromatic carbocycles. The molecule has 25 nitrogen and oxygen atoms in total. The van der Waals surface area contributed by atoms with Crippen molar-refractivity contribution in [2.75, 3.05) is 31.3 Å². The molecule has 0 amide bonds. The van der Waals surface area contributed by atoms with Gasteiger partial charge in [0.2, 0.25) is 0 Å². The second-order valence-electron chi connectivity index (χ2n) is 25.4. The highest BCUT2D eigenvalue weighted by Gasteiger charge is 2.60. The lowest BCUT2D eigenvalue weighted by molar-refractivity contribution is -0.211. The highest BCUT2D eigenvalue weighted by molar-refractivity contribution is 6.34. The number of hydrogen-bond donors (Lipinski definition) is 5. The zero-order chi connectivity index (χ0) is 64.2. The van der Waals surface area contributed by atoms with Gasteiger partial charge in [-0.3, -0.25) is 0 Å². The molecule has 504 valence electrons. The van der Waals surface area contributed by atoms with Gasteiger partial charge >= 0.3 is 0 Å². The van der Waals surface area contributed by atoms with Crippen molar-refractivity contribution < 1.29 is 63.1 Å². The minimum atomic E-state index is -1.16. The molecule has 29 heteroatoms. The molecule has 11 N–H and O–H groups in total. The van der Waals surface area contributed by atoms with Crippen LogP contribution in [0.4, 0.5) is 11.6 Å². The second kappa shape index (κ2) is 26.9. The van der Waals surface area contributed by atoms with Gasteiger partial charge in [-0.1, -0.05) is 64.6 Å². The summed E-state index contributed by atoms with van der Waals surface area (Å²) < 4.78 is 69.1. The van der Waals surface area contributed by atoms with Crippen molar-refractivity contribution in [2.45, 2.75) is 170 Å². The quantitative estimate of drug-likeness (QED) is 0.0966. The van der Waals surface area contributed by atoms with Crippen LogP contribution in [-0.4, -0.2) is 146 Å². The van der Waals surface area contributed by atoms with Crippen LogP contribution in [0.15, 0.2) is 110 Å². The Morgan fingerprint density at radius 2 is 0.800 bits per heavy atom. The van der Waals surface area contributed by atoms with Gasteiger partial charge in [0.05, 0.1) is 16.2 Å². The van der Waals surface area contributed by atoms with E-state index >= 15 is 0 Å². The fourth-order valence-electron chi connectivity index (χ4n) is 14.6. The van der Waals surface area contributed by atoms with Crippen LogP contribution in [0.5, 0.6) is 0 Å². The van der Waals surface area contributed by atoms with Crippen LogP contribution in [0.2, 0.25) is 20.2 Å². The van der Waals surface area contributed by atoms with E-state index in [0.29, 0.717) is 64.0 Å². The molecule has 0 radical (unpaired) electrons. The van der Waals surface area contributed by atoms with E-state index in [-0.39, 0.29) is 60.5 Å². The van der Waals surface area contributed by atoms with Gasteiger partial charge in [-0.05, 0) is 154 Å². The Labute approximate surface area is 565 Å². The Balaban J connectivity index is 0.000000128. The van der Waals surface area contributed by atoms with E-state index in [9.17, 15) is 10.2 Å². The predicted molar refractivity (Wildman–Crippen MR) is 352 cm³/mol. The van der Waals surface area contributed by atoms with E-state index in [1.165, 1.54) is 30.1 Å². The summed E-state index contributed by atoms with van der Waals surface area (Å²) in [4.78, 5) is 25.3. The molecule has 95 heavy (non-hydrogen) atoms. The number of aliphatic hydroxyl groups excluding tert-OH is 2. The van der Waals surface area contributed by atoms with Crippen LogP contribution in [0, 0.1) is 0 Å². The smallest absolute Gasteiger partial charge is 0.164 e. The largest absolute Gasteiger partial charge is 0.412 e. The molecule has 5 saturated heterocycles. The third-order valence-corrected chi connectivity index (χ3v) is 19.6. The Hall–Kier alpha value is -6.28. The number of nitrogen functional groups attached to an aromatic ring is 2. The summed E-state index contributed by atoms with van der Waals surface area (Å²) in [5, 5.41) is 26.3. The maximum Gasteiger partial charge on any atom is 0.164 e. The third kappa shape index (κ3) is 12.5. The number of anilines is 2. The van der Waals surface area contributed by atoms with Gasteiger partial charge in [0.25, 0.3) is 0 Å². The lowest BCUT2D eigenvalue weighted by atomic mass is 9.94. The number of aromatic nitrogens is 9. The lowest BCUT2D eigenvalue weighted by Crippen LogP contribution is -2.35. The Bertz CT molecular complexity index is 4090. The summed E-state index contributed by atoms with van der Waals surface area (Å²) in [5.41, 5.74) is 20.4. The van der Waals surface area contributed by atoms with E-state index in [2.05, 4.69) is 29.9 Å². The highest BCUT2D eigenvalue weighted by atomic mass is 35.5. The van der Waals surface area contributed by atoms with Crippen molar-refractivity contribution in [3.63, 3.8) is 0 Å². The van der Waals surface area contributed by atoms with E-state index in [0.717, 1.165) is 81.6 Å². The molecule has 0 bridgehead atoms. The van der Waals surface area contributed by atoms with E-state index in [1.54, 1.807) is 22.9 Å². The van der Waals surface area contributed by atoms with Gasteiger partial charge in [-0.15, -0.1) is 0 Å². The molecule has 14 heterocycles. The van der Waals surface area contributed by atoms with Gasteiger partial charge < -0.3 is 94.4 Å². The van der Waals surface area contributed by atoms with Crippen molar-refractivity contribution in [3.05, 3.63) is 164 Å². The van der Waals surface area contributed by atoms with Crippen molar-refractivity contribution in [1.29, 1.82) is 0 Å². The van der Waals surface area contributed by atoms with Gasteiger partial charge in [-0.25, -0.2) is 29.9 Å². The van der Waals surface area contributed by atoms with Crippen molar-refractivity contribution in [2.24, 2.45) is 0 Å². The molecule has 5 fully saturated rings. The van der Waals surface area contributed by atoms with Crippen LogP contribution in [0.3, 0.4) is 0 Å². The zero-order valence-corrected chi connectivity index (χ0v) is 55.3. The minimum absolute atomic E-state index is 0. The van der Waals surface area contributed by atoms with Crippen LogP contribution < -0.4 is 17.6 Å². The number of aliphatic hydroxyl groups is 2. The van der Waals surface area contributed by atoms with E-state index in [4.69, 9.17) is 105 Å². The number of rotatable bonds is 6. The summed E-state index contributed by atoms with van der Waals surface area (Å²) >= 11 is 25.0. The Morgan fingerprint density at radius 1 is 0.442 bits per heavy atom. The maximum atomic E-state index is 10.8. The summed E-state index contributed by atoms with van der Waals surface area (Å²) in [6, 6.07) is 23.1. The average molecular weight is 1390 g/mol. The first-order valence-corrected chi connectivity index (χ1v) is 32.7. The number of hydrogen-bond acceptors (Lipinski definition) is 21. The molecular formula is C66H74Cl4N12O13. The van der Waals surface area contributed by atoms with Gasteiger partial charge in [0.15, 0.2) is 30.3 Å². The van der Waals surface area contributed by atoms with Crippen molar-refractivity contribution in [3.8, 4) is 0 Å². The minimum Gasteiger partial charge on any atom is -0.412 e. The molecule has 0 aliphatic carbocycles. The predicted octanol–water partition coefficient (Wildman–Crippen LogP) is 9.98. The van der Waals surface area contributed by atoms with Crippen molar-refractivity contribution in [1.82, 2.24) is 49.8 Å². The van der Waals surface area contributed by atoms with Gasteiger partial charge in [0.1, 0.15) is 126 Å². The second-order valence-corrected chi connectivity index (χ2v) is 27.0. The third-order valence-electron chi connectivity index (χ3n) is 18.6. The molecule has 17 rings (SSSR count). The number of aryl methyl sites for hydroxylation is 3. The van der Waals surface area contributed by atoms with Gasteiger partial charge in [0, 0.05) is 53.5 Å². The molecule has 6 aromatic heterocycles. The molecular weight excluding hydrogens is 1310 g/mol. The summed E-state index contributed by atoms with van der Waals surface area (Å²) in [6.45, 7) is 9.50. The summed E-state index contributed by atoms with van der Waals surface area (Å²) in [7, 11) is 0. The van der Waals surface area contributed by atoms with Gasteiger partial charge in [-0.2, -0.15) is 0 Å². The fraction of sp³-hybridized carbons (Fsp3) is 0.455. The summed E-state index contributed by atoms with van der Waals surface area (Å²) in [5.74, 6) is -0.697. The van der Waals surface area contributed by atoms with Crippen LogP contribution in [0.25, 0.3) is 33.1 Å². The fourth-order valence-corrected chi connectivity index (χ4v) is 15.3. The number of nitrogens with zero attached hydrogens (tertiary/aromatic N) is 9. The van der Waals surface area contributed by atoms with E-state index < -0.39 is 54.7 Å². The Morgan fingerprint density at radius 3 is 1.23 bits per heavy atom. The first kappa shape index (κ1) is 67.3. The Kier molecular flexibility index (Phi) is 19.0. The number of benzene rings is 3. The van der Waals surface area contributed by atoms with Crippen LogP contribution >= 0.6 is 46.4 Å². The standard InChI is InChI=1S/C23H23Cl2N3O4.C23H25ClN4O4.C20H21ClN4O4.H3N.H2O/c2*1-23(2)31-18-17(16-14-6-5-13(24)10-12(14)4-3-9-29-16)30-22(19(18)32-23)28-8-7-15-20(25)26-11-27-21(15)28;21-11-3-4-12-10(8-11)2-1-7-28-16(12)17-14(26)15(27)20(29-17)25-6-5-13-18(22)23-9-24-19(13)25;;/h5-8,10-11,16-19,22H,3-4,9H2,1-2H3;5-8,10-11,16-19,22H,3-4,9H2,1-2H3,(H2,25,26,27);3-6,8-9,14-17,20,26-27H,1-2,7H2,(H2,22,23,24);1H3;1H2/t2*16-,17-,18-,19-,22-;14-,15+,16+,17-,20+;;/m110../s1. The number of ether oxygens (including phenoxy) is 10. The topological polar surface area (TPSA) is 343 Å². The maximum absolute atomic E-state index is 10.8. The average Bonchev–Trinajstić information content (AvgIpc) is 1.59. The number of halogens is 4. The first-order valence-electron chi connectivity index (χ1n) is 31.2. The van der Waals surface area contributed by atoms with E-state index in [1.807, 2.05) is 110 Å². The SMILES string of the molecule is CC1(C)O[C@H]2[C@@H](O1)[C@H](n1ccc3c(Cl)ncnc31)O[C@@H]2[C@@H]1OCCCc2cc(Cl)ccc21.CC1(C)O[C@H]2[C@@H](O1)[C@H](n1ccc3c(N)ncnc31)O[C@@H]2[C@@H]1OCCCc2cc(Cl)ccc21.N.Nc1ncnc2c1ccn2[C@@H]1O[C@H]([C@@H]2OCCCc3cc(Cl)ccc32)[C@@H](O)[C@H]1O.O.